The van der Waals surface area contributed by atoms with Crippen molar-refractivity contribution in [2.75, 3.05) is 20.8 Å². The number of nitrogens with one attached hydrogen (secondary N) is 1. The number of hydrogen-bond donors (Lipinski definition) is 1. The van der Waals surface area contributed by atoms with Crippen LogP contribution >= 0.6 is 11.6 Å². The molecule has 1 N–H and O–H groups in total. The lowest BCUT2D eigenvalue weighted by Gasteiger charge is -2.60. The summed E-state index contributed by atoms with van der Waals surface area (Å²) >= 11 is 6.06. The minimum atomic E-state index is -0.213. The van der Waals surface area contributed by atoms with Gasteiger partial charge in [0, 0.05) is 18.7 Å². The fraction of sp³-hybridized carbons (Fsp3) is 0.650. The predicted molar refractivity (Wildman–Crippen MR) is 97.1 cm³/mol. The molecule has 0 spiro atoms. The largest absolute Gasteiger partial charge is 0.496 e. The topological polar surface area (TPSA) is 47.6 Å². The van der Waals surface area contributed by atoms with Crippen molar-refractivity contribution in [2.24, 2.45) is 23.7 Å². The molecule has 0 atom stereocenters. The molecule has 0 aromatic heterocycles. The van der Waals surface area contributed by atoms with Crippen LogP contribution in [-0.2, 0) is 4.74 Å². The van der Waals surface area contributed by atoms with Crippen molar-refractivity contribution in [3.63, 3.8) is 0 Å². The molecule has 1 aromatic carbocycles. The van der Waals surface area contributed by atoms with Gasteiger partial charge in [0.15, 0.2) is 0 Å². The van der Waals surface area contributed by atoms with Gasteiger partial charge in [-0.2, -0.15) is 0 Å². The van der Waals surface area contributed by atoms with E-state index in [1.807, 2.05) is 7.11 Å². The second kappa shape index (κ2) is 6.48. The van der Waals surface area contributed by atoms with Crippen molar-refractivity contribution in [1.29, 1.82) is 0 Å². The molecular weight excluding hydrogens is 338 g/mol. The van der Waals surface area contributed by atoms with Crippen molar-refractivity contribution in [1.82, 2.24) is 5.32 Å². The first kappa shape index (κ1) is 17.2. The summed E-state index contributed by atoms with van der Waals surface area (Å²) in [5, 5.41) is 3.65. The van der Waals surface area contributed by atoms with Gasteiger partial charge in [0.25, 0.3) is 5.91 Å². The lowest BCUT2D eigenvalue weighted by Crippen LogP contribution is -2.63. The van der Waals surface area contributed by atoms with E-state index in [4.69, 9.17) is 21.1 Å². The van der Waals surface area contributed by atoms with E-state index in [0.29, 0.717) is 34.7 Å². The Morgan fingerprint density at radius 3 is 2.36 bits per heavy atom. The maximum Gasteiger partial charge on any atom is 0.255 e. The van der Waals surface area contributed by atoms with Crippen molar-refractivity contribution in [3.8, 4) is 5.75 Å². The molecule has 0 saturated heterocycles. The van der Waals surface area contributed by atoms with Crippen LogP contribution in [-0.4, -0.2) is 32.3 Å². The van der Waals surface area contributed by atoms with E-state index in [2.05, 4.69) is 5.32 Å². The number of benzene rings is 1. The van der Waals surface area contributed by atoms with E-state index >= 15 is 0 Å². The zero-order valence-corrected chi connectivity index (χ0v) is 15.6. The van der Waals surface area contributed by atoms with Crippen LogP contribution in [0.1, 0.15) is 42.5 Å². The van der Waals surface area contributed by atoms with Crippen LogP contribution in [0.2, 0.25) is 5.02 Å². The van der Waals surface area contributed by atoms with E-state index < -0.39 is 0 Å². The molecule has 25 heavy (non-hydrogen) atoms. The third-order valence-corrected chi connectivity index (χ3v) is 7.07. The summed E-state index contributed by atoms with van der Waals surface area (Å²) < 4.78 is 11.4. The molecule has 136 valence electrons. The van der Waals surface area contributed by atoms with Crippen molar-refractivity contribution >= 4 is 17.5 Å². The summed E-state index contributed by atoms with van der Waals surface area (Å²) in [4.78, 5) is 12.8. The Hall–Kier alpha value is -1.26. The average molecular weight is 364 g/mol. The molecule has 4 aliphatic rings. The Morgan fingerprint density at radius 1 is 1.16 bits per heavy atom. The highest BCUT2D eigenvalue weighted by atomic mass is 35.5. The lowest BCUT2D eigenvalue weighted by molar-refractivity contribution is -0.186. The van der Waals surface area contributed by atoms with Gasteiger partial charge >= 0.3 is 0 Å². The number of amides is 1. The van der Waals surface area contributed by atoms with E-state index in [-0.39, 0.29) is 11.5 Å². The molecule has 4 nitrogen and oxygen atoms in total. The molecule has 0 radical (unpaired) electrons. The quantitative estimate of drug-likeness (QED) is 0.862. The minimum absolute atomic E-state index is 0.149. The third kappa shape index (κ3) is 2.83. The Balaban J connectivity index is 1.52. The SMILES string of the molecule is COc1ccc(Cl)cc1C(=O)NCC1(OC)C2CC3CC(C2)CC1C3. The molecule has 0 unspecified atom stereocenters. The van der Waals surface area contributed by atoms with Crippen LogP contribution in [0.25, 0.3) is 0 Å². The molecule has 4 bridgehead atoms. The number of ether oxygens (including phenoxy) is 2. The Labute approximate surface area is 154 Å². The van der Waals surface area contributed by atoms with Crippen LogP contribution in [0.15, 0.2) is 18.2 Å². The molecule has 1 amide bonds. The number of hydrogen-bond acceptors (Lipinski definition) is 3. The lowest BCUT2D eigenvalue weighted by atomic mass is 9.49. The van der Waals surface area contributed by atoms with Gasteiger partial charge in [0.05, 0.1) is 18.3 Å². The monoisotopic (exact) mass is 363 g/mol. The maximum atomic E-state index is 12.8. The second-order valence-electron chi connectivity index (χ2n) is 7.99. The zero-order valence-electron chi connectivity index (χ0n) is 14.9. The highest BCUT2D eigenvalue weighted by Crippen LogP contribution is 2.59. The van der Waals surface area contributed by atoms with E-state index in [1.54, 1.807) is 25.3 Å². The highest BCUT2D eigenvalue weighted by Gasteiger charge is 2.57. The Bertz CT molecular complexity index is 647. The average Bonchev–Trinajstić information content (AvgIpc) is 2.61. The van der Waals surface area contributed by atoms with Crippen LogP contribution in [0.4, 0.5) is 0 Å². The maximum absolute atomic E-state index is 12.8. The van der Waals surface area contributed by atoms with E-state index in [0.717, 1.165) is 11.8 Å². The fourth-order valence-electron chi connectivity index (χ4n) is 5.85. The van der Waals surface area contributed by atoms with Gasteiger partial charge < -0.3 is 14.8 Å². The zero-order chi connectivity index (χ0) is 17.6. The third-order valence-electron chi connectivity index (χ3n) is 6.83. The van der Waals surface area contributed by atoms with Crippen LogP contribution in [0, 0.1) is 23.7 Å². The van der Waals surface area contributed by atoms with Gasteiger partial charge in [-0.05, 0) is 74.0 Å². The fourth-order valence-corrected chi connectivity index (χ4v) is 6.02. The minimum Gasteiger partial charge on any atom is -0.496 e. The van der Waals surface area contributed by atoms with Gasteiger partial charge in [-0.3, -0.25) is 4.79 Å². The first-order chi connectivity index (χ1) is 12.1. The molecule has 5 rings (SSSR count). The summed E-state index contributed by atoms with van der Waals surface area (Å²) in [6.45, 7) is 0.562. The Kier molecular flexibility index (Phi) is 4.45. The molecule has 0 aliphatic heterocycles. The number of halogens is 1. The number of rotatable bonds is 5. The number of carbonyl (C=O) groups is 1. The molecule has 5 heteroatoms. The van der Waals surface area contributed by atoms with Crippen LogP contribution in [0.5, 0.6) is 5.75 Å². The predicted octanol–water partition coefficient (Wildman–Crippen LogP) is 3.92. The Morgan fingerprint density at radius 2 is 1.80 bits per heavy atom. The van der Waals surface area contributed by atoms with Gasteiger partial charge in [0.1, 0.15) is 5.75 Å². The normalized spacial score (nSPS) is 35.6. The van der Waals surface area contributed by atoms with E-state index in [1.165, 1.54) is 32.1 Å². The molecular formula is C20H26ClNO3. The molecule has 4 fully saturated rings. The van der Waals surface area contributed by atoms with Crippen molar-refractivity contribution in [2.45, 2.75) is 37.7 Å². The van der Waals surface area contributed by atoms with Crippen LogP contribution in [0.3, 0.4) is 0 Å². The van der Waals surface area contributed by atoms with Crippen molar-refractivity contribution in [3.05, 3.63) is 28.8 Å². The number of carbonyl (C=O) groups excluding carboxylic acids is 1. The summed E-state index contributed by atoms with van der Waals surface area (Å²) in [5.41, 5.74) is 0.264. The molecule has 4 aliphatic carbocycles. The summed E-state index contributed by atoms with van der Waals surface area (Å²) in [5.74, 6) is 3.26. The van der Waals surface area contributed by atoms with E-state index in [9.17, 15) is 4.79 Å². The standard InChI is InChI=1S/C20H26ClNO3/c1-24-18-4-3-16(21)10-17(18)19(23)22-11-20(25-2)14-6-12-5-13(8-14)9-15(20)7-12/h3-4,10,12-15H,5-9,11H2,1-2H3,(H,22,23). The smallest absolute Gasteiger partial charge is 0.255 e. The first-order valence-electron chi connectivity index (χ1n) is 9.22. The first-order valence-corrected chi connectivity index (χ1v) is 9.60. The summed E-state index contributed by atoms with van der Waals surface area (Å²) in [6.07, 6.45) is 6.39. The van der Waals surface area contributed by atoms with Crippen molar-refractivity contribution < 1.29 is 14.3 Å². The van der Waals surface area contributed by atoms with Crippen LogP contribution < -0.4 is 10.1 Å². The summed E-state index contributed by atoms with van der Waals surface area (Å²) in [6, 6.07) is 5.11. The van der Waals surface area contributed by atoms with Gasteiger partial charge in [0.2, 0.25) is 0 Å². The summed E-state index contributed by atoms with van der Waals surface area (Å²) in [7, 11) is 3.38. The number of methoxy groups -OCH3 is 2. The molecule has 0 heterocycles. The second-order valence-corrected chi connectivity index (χ2v) is 8.43. The molecule has 4 saturated carbocycles. The highest BCUT2D eigenvalue weighted by molar-refractivity contribution is 6.31. The van der Waals surface area contributed by atoms with Gasteiger partial charge in [-0.25, -0.2) is 0 Å². The molecule has 1 aromatic rings. The van der Waals surface area contributed by atoms with Gasteiger partial charge in [-0.15, -0.1) is 0 Å². The van der Waals surface area contributed by atoms with Gasteiger partial charge in [-0.1, -0.05) is 11.6 Å².